The number of likely N-dealkylation sites (N-methyl/N-ethyl adjacent to an activating group) is 1. The Labute approximate surface area is 102 Å². The summed E-state index contributed by atoms with van der Waals surface area (Å²) in [6.45, 7) is 0.401. The summed E-state index contributed by atoms with van der Waals surface area (Å²) in [4.78, 5) is 21.4. The molecule has 0 unspecified atom stereocenters. The average molecular weight is 252 g/mol. The molecular formula is C9H12N6OS. The molecule has 2 aromatic rings. The highest BCUT2D eigenvalue weighted by molar-refractivity contribution is 7.13. The van der Waals surface area contributed by atoms with Crippen molar-refractivity contribution in [2.24, 2.45) is 0 Å². The van der Waals surface area contributed by atoms with Gasteiger partial charge in [-0.15, -0.1) is 11.3 Å². The highest BCUT2D eigenvalue weighted by Gasteiger charge is 2.13. The number of aromatic amines is 1. The minimum atomic E-state index is -0.0355. The van der Waals surface area contributed by atoms with Crippen LogP contribution in [0.2, 0.25) is 0 Å². The quantitative estimate of drug-likeness (QED) is 0.800. The van der Waals surface area contributed by atoms with E-state index in [1.165, 1.54) is 17.7 Å². The van der Waals surface area contributed by atoms with Crippen LogP contribution in [-0.2, 0) is 17.8 Å². The average Bonchev–Trinajstić information content (AvgIpc) is 2.90. The molecule has 0 bridgehead atoms. The first-order valence-corrected chi connectivity index (χ1v) is 5.81. The third-order valence-electron chi connectivity index (χ3n) is 2.18. The molecule has 2 rings (SSSR count). The van der Waals surface area contributed by atoms with Crippen LogP contribution in [0.1, 0.15) is 11.5 Å². The lowest BCUT2D eigenvalue weighted by Crippen LogP contribution is -2.28. The van der Waals surface area contributed by atoms with E-state index in [1.54, 1.807) is 17.3 Å². The number of rotatable bonds is 4. The van der Waals surface area contributed by atoms with E-state index in [1.807, 2.05) is 0 Å². The van der Waals surface area contributed by atoms with E-state index in [0.717, 1.165) is 0 Å². The number of thiazole rings is 1. The van der Waals surface area contributed by atoms with Crippen molar-refractivity contribution in [1.29, 1.82) is 0 Å². The predicted octanol–water partition coefficient (Wildman–Crippen LogP) is 0.0445. The van der Waals surface area contributed by atoms with Crippen LogP contribution in [0.4, 0.5) is 5.13 Å². The Morgan fingerprint density at radius 3 is 3.06 bits per heavy atom. The third kappa shape index (κ3) is 3.00. The van der Waals surface area contributed by atoms with E-state index in [2.05, 4.69) is 20.2 Å². The number of nitrogens with two attached hydrogens (primary N) is 1. The topological polar surface area (TPSA) is 101 Å². The van der Waals surface area contributed by atoms with Crippen molar-refractivity contribution in [2.75, 3.05) is 12.8 Å². The van der Waals surface area contributed by atoms with Crippen molar-refractivity contribution in [3.05, 3.63) is 23.2 Å². The van der Waals surface area contributed by atoms with Gasteiger partial charge >= 0.3 is 0 Å². The molecule has 17 heavy (non-hydrogen) atoms. The maximum atomic E-state index is 11.8. The van der Waals surface area contributed by atoms with E-state index in [9.17, 15) is 4.79 Å². The van der Waals surface area contributed by atoms with Gasteiger partial charge in [0.25, 0.3) is 0 Å². The van der Waals surface area contributed by atoms with Gasteiger partial charge in [0.15, 0.2) is 5.13 Å². The molecule has 0 spiro atoms. The fraction of sp³-hybridized carbons (Fsp3) is 0.333. The summed E-state index contributed by atoms with van der Waals surface area (Å²) in [7, 11) is 1.71. The highest BCUT2D eigenvalue weighted by Crippen LogP contribution is 2.12. The first kappa shape index (κ1) is 11.5. The van der Waals surface area contributed by atoms with Gasteiger partial charge in [0, 0.05) is 12.4 Å². The van der Waals surface area contributed by atoms with E-state index >= 15 is 0 Å². The van der Waals surface area contributed by atoms with Crippen LogP contribution in [0.15, 0.2) is 11.7 Å². The van der Waals surface area contributed by atoms with Crippen LogP contribution in [-0.4, -0.2) is 38.0 Å². The Kier molecular flexibility index (Phi) is 3.33. The van der Waals surface area contributed by atoms with Crippen molar-refractivity contribution in [3.63, 3.8) is 0 Å². The molecule has 8 heteroatoms. The summed E-state index contributed by atoms with van der Waals surface area (Å²) in [6, 6.07) is 0. The standard InChI is InChI=1S/C9H12N6OS/c1-15(3-7-11-5-12-14-7)8(16)2-6-4-17-9(10)13-6/h4-5H,2-3H2,1H3,(H2,10,13)(H,11,12,14). The van der Waals surface area contributed by atoms with E-state index < -0.39 is 0 Å². The van der Waals surface area contributed by atoms with Crippen LogP contribution in [0.3, 0.4) is 0 Å². The predicted molar refractivity (Wildman–Crippen MR) is 63.1 cm³/mol. The van der Waals surface area contributed by atoms with Gasteiger partial charge in [0.2, 0.25) is 5.91 Å². The zero-order valence-corrected chi connectivity index (χ0v) is 10.1. The molecule has 0 fully saturated rings. The van der Waals surface area contributed by atoms with Gasteiger partial charge in [0.1, 0.15) is 12.2 Å². The zero-order valence-electron chi connectivity index (χ0n) is 9.25. The van der Waals surface area contributed by atoms with Crippen molar-refractivity contribution >= 4 is 22.4 Å². The maximum Gasteiger partial charge on any atom is 0.228 e. The lowest BCUT2D eigenvalue weighted by atomic mass is 10.3. The monoisotopic (exact) mass is 252 g/mol. The molecule has 0 aliphatic rings. The van der Waals surface area contributed by atoms with Crippen LogP contribution >= 0.6 is 11.3 Å². The maximum absolute atomic E-state index is 11.8. The number of carbonyl (C=O) groups is 1. The summed E-state index contributed by atoms with van der Waals surface area (Å²) in [5.41, 5.74) is 6.20. The fourth-order valence-electron chi connectivity index (χ4n) is 1.31. The van der Waals surface area contributed by atoms with E-state index in [0.29, 0.717) is 23.2 Å². The summed E-state index contributed by atoms with van der Waals surface area (Å²) in [5, 5.41) is 8.69. The summed E-state index contributed by atoms with van der Waals surface area (Å²) < 4.78 is 0. The number of hydrogen-bond donors (Lipinski definition) is 2. The molecule has 0 aromatic carbocycles. The number of aromatic nitrogens is 4. The minimum absolute atomic E-state index is 0.0355. The summed E-state index contributed by atoms with van der Waals surface area (Å²) >= 11 is 1.33. The number of nitrogens with zero attached hydrogens (tertiary/aromatic N) is 4. The molecule has 90 valence electrons. The Hall–Kier alpha value is -1.96. The molecule has 0 atom stereocenters. The Morgan fingerprint density at radius 2 is 2.47 bits per heavy atom. The summed E-state index contributed by atoms with van der Waals surface area (Å²) in [5.74, 6) is 0.616. The van der Waals surface area contributed by atoms with Gasteiger partial charge in [-0.3, -0.25) is 9.89 Å². The molecule has 1 amide bonds. The number of hydrogen-bond acceptors (Lipinski definition) is 6. The Bertz CT molecular complexity index is 493. The molecular weight excluding hydrogens is 240 g/mol. The molecule has 2 heterocycles. The van der Waals surface area contributed by atoms with Crippen molar-refractivity contribution in [3.8, 4) is 0 Å². The molecule has 0 saturated heterocycles. The Balaban J connectivity index is 1.91. The smallest absolute Gasteiger partial charge is 0.228 e. The first-order valence-electron chi connectivity index (χ1n) is 4.93. The van der Waals surface area contributed by atoms with Crippen LogP contribution < -0.4 is 5.73 Å². The fourth-order valence-corrected chi connectivity index (χ4v) is 1.88. The van der Waals surface area contributed by atoms with Crippen molar-refractivity contribution in [1.82, 2.24) is 25.1 Å². The van der Waals surface area contributed by atoms with Gasteiger partial charge in [0.05, 0.1) is 18.7 Å². The van der Waals surface area contributed by atoms with Gasteiger partial charge in [-0.2, -0.15) is 5.10 Å². The molecule has 0 saturated carbocycles. The molecule has 0 radical (unpaired) electrons. The largest absolute Gasteiger partial charge is 0.375 e. The lowest BCUT2D eigenvalue weighted by Gasteiger charge is -2.14. The first-order chi connectivity index (χ1) is 8.15. The molecule has 3 N–H and O–H groups in total. The normalized spacial score (nSPS) is 10.4. The number of carbonyl (C=O) groups excluding carboxylic acids is 1. The minimum Gasteiger partial charge on any atom is -0.375 e. The zero-order chi connectivity index (χ0) is 12.3. The van der Waals surface area contributed by atoms with Crippen molar-refractivity contribution < 1.29 is 4.79 Å². The van der Waals surface area contributed by atoms with E-state index in [-0.39, 0.29) is 12.3 Å². The number of anilines is 1. The second-order valence-corrected chi connectivity index (χ2v) is 4.43. The van der Waals surface area contributed by atoms with Crippen LogP contribution in [0, 0.1) is 0 Å². The van der Waals surface area contributed by atoms with Crippen LogP contribution in [0.5, 0.6) is 0 Å². The molecule has 0 aliphatic heterocycles. The molecule has 0 aliphatic carbocycles. The van der Waals surface area contributed by atoms with E-state index in [4.69, 9.17) is 5.73 Å². The van der Waals surface area contributed by atoms with Crippen LogP contribution in [0.25, 0.3) is 0 Å². The molecule has 2 aromatic heterocycles. The third-order valence-corrected chi connectivity index (χ3v) is 2.90. The number of H-pyrrole nitrogens is 1. The highest BCUT2D eigenvalue weighted by atomic mass is 32.1. The van der Waals surface area contributed by atoms with Gasteiger partial charge < -0.3 is 10.6 Å². The van der Waals surface area contributed by atoms with Gasteiger partial charge in [-0.1, -0.05) is 0 Å². The van der Waals surface area contributed by atoms with Gasteiger partial charge in [-0.25, -0.2) is 9.97 Å². The summed E-state index contributed by atoms with van der Waals surface area (Å²) in [6.07, 6.45) is 1.66. The number of nitrogen functional groups attached to an aromatic ring is 1. The number of amides is 1. The molecule has 7 nitrogen and oxygen atoms in total. The van der Waals surface area contributed by atoms with Crippen molar-refractivity contribution in [2.45, 2.75) is 13.0 Å². The SMILES string of the molecule is CN(Cc1ncn[nH]1)C(=O)Cc1csc(N)n1. The van der Waals surface area contributed by atoms with Gasteiger partial charge in [-0.05, 0) is 0 Å². The number of nitrogens with one attached hydrogen (secondary N) is 1. The second kappa shape index (κ2) is 4.91. The Morgan fingerprint density at radius 1 is 1.65 bits per heavy atom. The lowest BCUT2D eigenvalue weighted by molar-refractivity contribution is -0.129. The second-order valence-electron chi connectivity index (χ2n) is 3.54.